The molecule has 0 spiro atoms. The van der Waals surface area contributed by atoms with Gasteiger partial charge < -0.3 is 10.6 Å². The van der Waals surface area contributed by atoms with E-state index in [0.29, 0.717) is 11.7 Å². The van der Waals surface area contributed by atoms with E-state index in [2.05, 4.69) is 0 Å². The van der Waals surface area contributed by atoms with Crippen molar-refractivity contribution in [3.05, 3.63) is 34.4 Å². The van der Waals surface area contributed by atoms with Crippen LogP contribution in [0.3, 0.4) is 0 Å². The Morgan fingerprint density at radius 3 is 2.50 bits per heavy atom. The summed E-state index contributed by atoms with van der Waals surface area (Å²) in [5.74, 6) is 0.985. The second-order valence-corrected chi connectivity index (χ2v) is 6.67. The molecule has 1 atom stereocenters. The number of likely N-dealkylation sites (tertiary alicyclic amines) is 1. The lowest BCUT2D eigenvalue weighted by Gasteiger charge is -2.33. The van der Waals surface area contributed by atoms with Crippen molar-refractivity contribution in [2.24, 2.45) is 11.7 Å². The summed E-state index contributed by atoms with van der Waals surface area (Å²) in [5.41, 5.74) is 5.96. The van der Waals surface area contributed by atoms with Crippen molar-refractivity contribution in [3.63, 3.8) is 0 Å². The van der Waals surface area contributed by atoms with E-state index in [1.165, 1.54) is 23.9 Å². The topological polar surface area (TPSA) is 89.5 Å². The van der Waals surface area contributed by atoms with Gasteiger partial charge in [-0.2, -0.15) is 0 Å². The minimum absolute atomic E-state index is 0.0636. The van der Waals surface area contributed by atoms with E-state index in [4.69, 9.17) is 5.73 Å². The summed E-state index contributed by atoms with van der Waals surface area (Å²) in [6.07, 6.45) is 1.93. The molecule has 1 amide bonds. The number of hydrogen-bond donors (Lipinski definition) is 1. The molecule has 22 heavy (non-hydrogen) atoms. The fourth-order valence-corrected chi connectivity index (χ4v) is 3.38. The van der Waals surface area contributed by atoms with Gasteiger partial charge in [0, 0.05) is 36.2 Å². The normalized spacial score (nSPS) is 17.3. The van der Waals surface area contributed by atoms with Gasteiger partial charge in [0.25, 0.3) is 5.69 Å². The molecule has 1 aromatic carbocycles. The molecule has 1 aromatic rings. The number of amides is 1. The number of thioether (sulfide) groups is 1. The van der Waals surface area contributed by atoms with Gasteiger partial charge in [0.2, 0.25) is 5.91 Å². The lowest BCUT2D eigenvalue weighted by atomic mass is 9.91. The fraction of sp³-hybridized carbons (Fsp3) is 0.533. The summed E-state index contributed by atoms with van der Waals surface area (Å²) in [5, 5.41) is 10.6. The summed E-state index contributed by atoms with van der Waals surface area (Å²) >= 11 is 1.41. The molecule has 0 aliphatic carbocycles. The SMILES string of the molecule is CC(N)C1CCN(C(=O)CSc2ccc([N+](=O)[O-])cc2)CC1. The number of non-ortho nitro benzene ring substituents is 1. The Balaban J connectivity index is 1.79. The first kappa shape index (κ1) is 16.8. The van der Waals surface area contributed by atoms with Crippen LogP contribution in [-0.4, -0.2) is 40.6 Å². The van der Waals surface area contributed by atoms with Crippen LogP contribution >= 0.6 is 11.8 Å². The number of hydrogen-bond acceptors (Lipinski definition) is 5. The van der Waals surface area contributed by atoms with Crippen molar-refractivity contribution in [3.8, 4) is 0 Å². The van der Waals surface area contributed by atoms with Crippen molar-refractivity contribution >= 4 is 23.4 Å². The zero-order valence-corrected chi connectivity index (χ0v) is 13.4. The van der Waals surface area contributed by atoms with Crippen LogP contribution in [-0.2, 0) is 4.79 Å². The largest absolute Gasteiger partial charge is 0.342 e. The highest BCUT2D eigenvalue weighted by Gasteiger charge is 2.24. The van der Waals surface area contributed by atoms with Gasteiger partial charge in [-0.15, -0.1) is 11.8 Å². The molecule has 1 heterocycles. The van der Waals surface area contributed by atoms with Crippen molar-refractivity contribution in [2.45, 2.75) is 30.7 Å². The van der Waals surface area contributed by atoms with Crippen molar-refractivity contribution < 1.29 is 9.72 Å². The van der Waals surface area contributed by atoms with Gasteiger partial charge in [-0.3, -0.25) is 14.9 Å². The van der Waals surface area contributed by atoms with E-state index in [-0.39, 0.29) is 17.6 Å². The monoisotopic (exact) mass is 323 g/mol. The summed E-state index contributed by atoms with van der Waals surface area (Å²) in [6, 6.07) is 6.46. The average molecular weight is 323 g/mol. The highest BCUT2D eigenvalue weighted by molar-refractivity contribution is 8.00. The van der Waals surface area contributed by atoms with Crippen LogP contribution in [0.25, 0.3) is 0 Å². The molecular formula is C15H21N3O3S. The Bertz CT molecular complexity index is 525. The van der Waals surface area contributed by atoms with Gasteiger partial charge in [-0.1, -0.05) is 0 Å². The number of carbonyl (C=O) groups excluding carboxylic acids is 1. The average Bonchev–Trinajstić information content (AvgIpc) is 2.53. The minimum atomic E-state index is -0.428. The molecule has 1 aliphatic rings. The number of nitrogens with zero attached hydrogens (tertiary/aromatic N) is 2. The van der Waals surface area contributed by atoms with E-state index < -0.39 is 4.92 Å². The molecule has 1 fully saturated rings. The summed E-state index contributed by atoms with van der Waals surface area (Å²) in [7, 11) is 0. The third-order valence-corrected chi connectivity index (χ3v) is 5.04. The quantitative estimate of drug-likeness (QED) is 0.510. The lowest BCUT2D eigenvalue weighted by Crippen LogP contribution is -2.43. The minimum Gasteiger partial charge on any atom is -0.342 e. The maximum absolute atomic E-state index is 12.2. The molecule has 2 N–H and O–H groups in total. The molecule has 1 saturated heterocycles. The Morgan fingerprint density at radius 2 is 2.00 bits per heavy atom. The molecular weight excluding hydrogens is 302 g/mol. The van der Waals surface area contributed by atoms with Crippen molar-refractivity contribution in [1.82, 2.24) is 4.90 Å². The van der Waals surface area contributed by atoms with Gasteiger partial charge in [0.1, 0.15) is 0 Å². The van der Waals surface area contributed by atoms with Crippen LogP contribution in [0.4, 0.5) is 5.69 Å². The standard InChI is InChI=1S/C15H21N3O3S/c1-11(16)12-6-8-17(9-7-12)15(19)10-22-14-4-2-13(3-5-14)18(20)21/h2-5,11-12H,6-10,16H2,1H3. The summed E-state index contributed by atoms with van der Waals surface area (Å²) in [4.78, 5) is 25.1. The first-order chi connectivity index (χ1) is 10.5. The van der Waals surface area contributed by atoms with Gasteiger partial charge in [-0.25, -0.2) is 0 Å². The van der Waals surface area contributed by atoms with Gasteiger partial charge in [0.05, 0.1) is 10.7 Å². The van der Waals surface area contributed by atoms with Crippen LogP contribution in [0, 0.1) is 16.0 Å². The second kappa shape index (κ2) is 7.60. The number of benzene rings is 1. The summed E-state index contributed by atoms with van der Waals surface area (Å²) in [6.45, 7) is 3.56. The van der Waals surface area contributed by atoms with Crippen LogP contribution in [0.15, 0.2) is 29.2 Å². The van der Waals surface area contributed by atoms with Gasteiger partial charge >= 0.3 is 0 Å². The first-order valence-electron chi connectivity index (χ1n) is 7.38. The van der Waals surface area contributed by atoms with E-state index >= 15 is 0 Å². The molecule has 7 heteroatoms. The first-order valence-corrected chi connectivity index (χ1v) is 8.36. The Labute approximate surface area is 134 Å². The molecule has 2 rings (SSSR count). The van der Waals surface area contributed by atoms with Crippen LogP contribution in [0.5, 0.6) is 0 Å². The number of nitro benzene ring substituents is 1. The smallest absolute Gasteiger partial charge is 0.269 e. The maximum atomic E-state index is 12.2. The molecule has 0 radical (unpaired) electrons. The third kappa shape index (κ3) is 4.45. The van der Waals surface area contributed by atoms with Crippen molar-refractivity contribution in [1.29, 1.82) is 0 Å². The lowest BCUT2D eigenvalue weighted by molar-refractivity contribution is -0.384. The van der Waals surface area contributed by atoms with Crippen LogP contribution < -0.4 is 5.73 Å². The number of rotatable bonds is 5. The molecule has 6 nitrogen and oxygen atoms in total. The van der Waals surface area contributed by atoms with Gasteiger partial charge in [-0.05, 0) is 37.8 Å². The van der Waals surface area contributed by atoms with Crippen LogP contribution in [0.1, 0.15) is 19.8 Å². The molecule has 120 valence electrons. The second-order valence-electron chi connectivity index (χ2n) is 5.62. The summed E-state index contributed by atoms with van der Waals surface area (Å²) < 4.78 is 0. The number of piperidine rings is 1. The van der Waals surface area contributed by atoms with E-state index in [1.54, 1.807) is 12.1 Å². The zero-order chi connectivity index (χ0) is 16.1. The maximum Gasteiger partial charge on any atom is 0.269 e. The van der Waals surface area contributed by atoms with Crippen molar-refractivity contribution in [2.75, 3.05) is 18.8 Å². The van der Waals surface area contributed by atoms with E-state index in [1.807, 2.05) is 11.8 Å². The highest BCUT2D eigenvalue weighted by atomic mass is 32.2. The predicted molar refractivity (Wildman–Crippen MR) is 86.8 cm³/mol. The Morgan fingerprint density at radius 1 is 1.41 bits per heavy atom. The van der Waals surface area contributed by atoms with Gasteiger partial charge in [0.15, 0.2) is 0 Å². The molecule has 0 aromatic heterocycles. The fourth-order valence-electron chi connectivity index (χ4n) is 2.58. The number of nitrogens with two attached hydrogens (primary N) is 1. The third-order valence-electron chi connectivity index (χ3n) is 4.05. The molecule has 0 bridgehead atoms. The molecule has 0 saturated carbocycles. The highest BCUT2D eigenvalue weighted by Crippen LogP contribution is 2.24. The number of carbonyl (C=O) groups is 1. The van der Waals surface area contributed by atoms with E-state index in [9.17, 15) is 14.9 Å². The van der Waals surface area contributed by atoms with Crippen LogP contribution in [0.2, 0.25) is 0 Å². The predicted octanol–water partition coefficient (Wildman–Crippen LogP) is 2.27. The molecule has 1 unspecified atom stereocenters. The number of nitro groups is 1. The molecule has 1 aliphatic heterocycles. The Kier molecular flexibility index (Phi) is 5.79. The van der Waals surface area contributed by atoms with E-state index in [0.717, 1.165) is 30.8 Å². The Hall–Kier alpha value is -1.60. The zero-order valence-electron chi connectivity index (χ0n) is 12.6.